The summed E-state index contributed by atoms with van der Waals surface area (Å²) in [4.78, 5) is 7.20. The lowest BCUT2D eigenvalue weighted by Crippen LogP contribution is -2.29. The summed E-state index contributed by atoms with van der Waals surface area (Å²) in [6.45, 7) is 0. The smallest absolute Gasteiger partial charge is 0.423 e. The van der Waals surface area contributed by atoms with E-state index in [1.807, 2.05) is 24.3 Å². The Balaban J connectivity index is 1.38. The van der Waals surface area contributed by atoms with Gasteiger partial charge in [-0.2, -0.15) is 0 Å². The predicted octanol–water partition coefficient (Wildman–Crippen LogP) is 8.28. The van der Waals surface area contributed by atoms with Crippen molar-refractivity contribution >= 4 is 77.7 Å². The summed E-state index contributed by atoms with van der Waals surface area (Å²) in [5, 5.41) is 29.5. The standard InChI is InChI=1S/C38H25BN2O2/c42-39(43)24-15-18-31-32(21-24)38(23-14-17-28-26-8-4-6-12-34(26)41-36(28)20-23)30-10-2-1-9-29(30)37(31)22-13-16-27-25-7-3-5-11-33(25)40-35(27)19-22/h1-21,40-43H. The number of H-pyrrole nitrogens is 2. The van der Waals surface area contributed by atoms with E-state index in [-0.39, 0.29) is 0 Å². The largest absolute Gasteiger partial charge is 0.488 e. The van der Waals surface area contributed by atoms with Gasteiger partial charge in [0, 0.05) is 43.6 Å². The Bertz CT molecular complexity index is 2560. The van der Waals surface area contributed by atoms with Crippen molar-refractivity contribution < 1.29 is 10.0 Å². The maximum atomic E-state index is 10.2. The molecular formula is C38H25BN2O2. The molecule has 7 aromatic carbocycles. The Kier molecular flexibility index (Phi) is 5.12. The Morgan fingerprint density at radius 1 is 0.372 bits per heavy atom. The molecule has 0 amide bonds. The van der Waals surface area contributed by atoms with Gasteiger partial charge in [0.15, 0.2) is 0 Å². The van der Waals surface area contributed by atoms with Crippen molar-refractivity contribution in [2.24, 2.45) is 0 Å². The predicted molar refractivity (Wildman–Crippen MR) is 181 cm³/mol. The van der Waals surface area contributed by atoms with Gasteiger partial charge in [-0.05, 0) is 73.5 Å². The van der Waals surface area contributed by atoms with Crippen molar-refractivity contribution in [3.05, 3.63) is 127 Å². The first kappa shape index (κ1) is 24.3. The van der Waals surface area contributed by atoms with E-state index in [0.29, 0.717) is 5.46 Å². The van der Waals surface area contributed by atoms with Crippen molar-refractivity contribution in [3.63, 3.8) is 0 Å². The van der Waals surface area contributed by atoms with E-state index >= 15 is 0 Å². The summed E-state index contributed by atoms with van der Waals surface area (Å²) in [5.74, 6) is 0. The van der Waals surface area contributed by atoms with E-state index < -0.39 is 7.12 Å². The summed E-state index contributed by atoms with van der Waals surface area (Å²) in [6, 6.07) is 44.3. The molecule has 0 radical (unpaired) electrons. The number of hydrogen-bond donors (Lipinski definition) is 4. The number of benzene rings is 7. The van der Waals surface area contributed by atoms with E-state index in [9.17, 15) is 10.0 Å². The zero-order valence-electron chi connectivity index (χ0n) is 23.1. The van der Waals surface area contributed by atoms with Crippen LogP contribution in [0.3, 0.4) is 0 Å². The fourth-order valence-electron chi connectivity index (χ4n) is 7.00. The molecule has 0 aliphatic heterocycles. The van der Waals surface area contributed by atoms with Gasteiger partial charge < -0.3 is 20.0 Å². The fraction of sp³-hybridized carbons (Fsp3) is 0. The Labute approximate surface area is 247 Å². The summed E-state index contributed by atoms with van der Waals surface area (Å²) in [6.07, 6.45) is 0. The van der Waals surface area contributed by atoms with Crippen molar-refractivity contribution in [1.29, 1.82) is 0 Å². The first-order chi connectivity index (χ1) is 21.1. The van der Waals surface area contributed by atoms with Crippen molar-refractivity contribution in [1.82, 2.24) is 9.97 Å². The molecule has 0 fully saturated rings. The molecule has 9 rings (SSSR count). The molecular weight excluding hydrogens is 527 g/mol. The lowest BCUT2D eigenvalue weighted by atomic mass is 9.77. The molecule has 0 spiro atoms. The van der Waals surface area contributed by atoms with Crippen LogP contribution in [0.5, 0.6) is 0 Å². The van der Waals surface area contributed by atoms with Crippen LogP contribution < -0.4 is 5.46 Å². The number of nitrogens with one attached hydrogen (secondary N) is 2. The van der Waals surface area contributed by atoms with Crippen LogP contribution >= 0.6 is 0 Å². The molecule has 2 heterocycles. The fourth-order valence-corrected chi connectivity index (χ4v) is 7.00. The molecule has 202 valence electrons. The number of aromatic amines is 2. The van der Waals surface area contributed by atoms with E-state index in [2.05, 4.69) is 113 Å². The van der Waals surface area contributed by atoms with Gasteiger partial charge >= 0.3 is 7.12 Å². The number of para-hydroxylation sites is 2. The molecule has 0 aliphatic rings. The van der Waals surface area contributed by atoms with Crippen LogP contribution in [0.15, 0.2) is 127 Å². The maximum absolute atomic E-state index is 10.2. The zero-order valence-corrected chi connectivity index (χ0v) is 23.1. The Morgan fingerprint density at radius 3 is 1.33 bits per heavy atom. The minimum absolute atomic E-state index is 0.466. The Hall–Kier alpha value is -5.36. The van der Waals surface area contributed by atoms with E-state index in [1.54, 1.807) is 0 Å². The van der Waals surface area contributed by atoms with E-state index in [4.69, 9.17) is 0 Å². The average Bonchev–Trinajstić information content (AvgIpc) is 3.60. The van der Waals surface area contributed by atoms with Crippen LogP contribution in [0.1, 0.15) is 0 Å². The highest BCUT2D eigenvalue weighted by atomic mass is 16.4. The number of rotatable bonds is 3. The van der Waals surface area contributed by atoms with Gasteiger partial charge in [0.05, 0.1) is 0 Å². The molecule has 0 atom stereocenters. The maximum Gasteiger partial charge on any atom is 0.488 e. The third kappa shape index (κ3) is 3.59. The molecule has 0 bridgehead atoms. The second-order valence-corrected chi connectivity index (χ2v) is 11.3. The second-order valence-electron chi connectivity index (χ2n) is 11.3. The Morgan fingerprint density at radius 2 is 0.791 bits per heavy atom. The van der Waals surface area contributed by atoms with E-state index in [0.717, 1.165) is 65.9 Å². The highest BCUT2D eigenvalue weighted by Crippen LogP contribution is 2.45. The topological polar surface area (TPSA) is 72.0 Å². The molecule has 4 N–H and O–H groups in total. The van der Waals surface area contributed by atoms with Gasteiger partial charge in [-0.1, -0.05) is 103 Å². The van der Waals surface area contributed by atoms with Gasteiger partial charge in [-0.3, -0.25) is 0 Å². The van der Waals surface area contributed by atoms with Gasteiger partial charge in [0.25, 0.3) is 0 Å². The van der Waals surface area contributed by atoms with Crippen LogP contribution in [-0.2, 0) is 0 Å². The molecule has 0 saturated heterocycles. The van der Waals surface area contributed by atoms with Crippen molar-refractivity contribution in [2.45, 2.75) is 0 Å². The summed E-state index contributed by atoms with van der Waals surface area (Å²) >= 11 is 0. The lowest BCUT2D eigenvalue weighted by molar-refractivity contribution is 0.426. The first-order valence-corrected chi connectivity index (χ1v) is 14.5. The van der Waals surface area contributed by atoms with Crippen LogP contribution in [0.4, 0.5) is 0 Å². The summed E-state index contributed by atoms with van der Waals surface area (Å²) in [7, 11) is -1.56. The van der Waals surface area contributed by atoms with Gasteiger partial charge in [0.1, 0.15) is 0 Å². The quantitative estimate of drug-likeness (QED) is 0.132. The summed E-state index contributed by atoms with van der Waals surface area (Å²) in [5.41, 5.74) is 9.23. The van der Waals surface area contributed by atoms with Crippen molar-refractivity contribution in [2.75, 3.05) is 0 Å². The molecule has 9 aromatic rings. The first-order valence-electron chi connectivity index (χ1n) is 14.5. The highest BCUT2D eigenvalue weighted by molar-refractivity contribution is 6.59. The molecule has 4 nitrogen and oxygen atoms in total. The van der Waals surface area contributed by atoms with Crippen LogP contribution in [0.2, 0.25) is 0 Å². The highest BCUT2D eigenvalue weighted by Gasteiger charge is 2.20. The van der Waals surface area contributed by atoms with Gasteiger partial charge in [0.2, 0.25) is 0 Å². The number of aromatic nitrogens is 2. The number of hydrogen-bond acceptors (Lipinski definition) is 2. The summed E-state index contributed by atoms with van der Waals surface area (Å²) < 4.78 is 0. The van der Waals surface area contributed by atoms with Crippen LogP contribution in [0, 0.1) is 0 Å². The van der Waals surface area contributed by atoms with Crippen LogP contribution in [-0.4, -0.2) is 27.1 Å². The number of fused-ring (bicyclic) bond motifs is 8. The van der Waals surface area contributed by atoms with E-state index in [1.165, 1.54) is 21.5 Å². The SMILES string of the molecule is OB(O)c1ccc2c(-c3ccc4c(c3)[nH]c3ccccc34)c3ccccc3c(-c3ccc4c(c3)[nH]c3ccccc34)c2c1. The van der Waals surface area contributed by atoms with Crippen molar-refractivity contribution in [3.8, 4) is 22.3 Å². The normalized spacial score (nSPS) is 12.0. The zero-order chi connectivity index (χ0) is 28.7. The second kappa shape index (κ2) is 9.07. The van der Waals surface area contributed by atoms with Crippen LogP contribution in [0.25, 0.3) is 87.4 Å². The van der Waals surface area contributed by atoms with Gasteiger partial charge in [-0.25, -0.2) is 0 Å². The molecule has 5 heteroatoms. The monoisotopic (exact) mass is 552 g/mol. The molecule has 0 aliphatic carbocycles. The molecule has 0 saturated carbocycles. The molecule has 0 unspecified atom stereocenters. The minimum Gasteiger partial charge on any atom is -0.423 e. The minimum atomic E-state index is -1.56. The average molecular weight is 552 g/mol. The molecule has 2 aromatic heterocycles. The van der Waals surface area contributed by atoms with Gasteiger partial charge in [-0.15, -0.1) is 0 Å². The third-order valence-electron chi connectivity index (χ3n) is 8.94. The lowest BCUT2D eigenvalue weighted by Gasteiger charge is -2.19. The third-order valence-corrected chi connectivity index (χ3v) is 8.94. The molecule has 43 heavy (non-hydrogen) atoms.